The molecule has 0 saturated carbocycles. The first-order valence-corrected chi connectivity index (χ1v) is 9.16. The molecule has 0 aliphatic heterocycles. The minimum Gasteiger partial charge on any atom is -0.497 e. The monoisotopic (exact) mass is 379 g/mol. The van der Waals surface area contributed by atoms with Gasteiger partial charge in [0.25, 0.3) is 5.91 Å². The van der Waals surface area contributed by atoms with Crippen LogP contribution in [0.25, 0.3) is 0 Å². The third-order valence-electron chi connectivity index (χ3n) is 4.69. The molecular formula is C22H25N3O3. The first kappa shape index (κ1) is 19.5. The van der Waals surface area contributed by atoms with Crippen LogP contribution in [0.15, 0.2) is 54.7 Å². The second kappa shape index (κ2) is 8.61. The van der Waals surface area contributed by atoms with Crippen molar-refractivity contribution >= 4 is 11.7 Å². The van der Waals surface area contributed by atoms with Gasteiger partial charge in [-0.15, -0.1) is 0 Å². The Morgan fingerprint density at radius 1 is 1.14 bits per heavy atom. The third kappa shape index (κ3) is 4.52. The Kier molecular flexibility index (Phi) is 5.99. The van der Waals surface area contributed by atoms with Gasteiger partial charge < -0.3 is 14.8 Å². The van der Waals surface area contributed by atoms with E-state index in [1.807, 2.05) is 56.3 Å². The summed E-state index contributed by atoms with van der Waals surface area (Å²) in [6.45, 7) is 6.28. The van der Waals surface area contributed by atoms with E-state index in [0.29, 0.717) is 12.4 Å². The number of benzene rings is 2. The highest BCUT2D eigenvalue weighted by atomic mass is 16.5. The van der Waals surface area contributed by atoms with Crippen LogP contribution in [0.5, 0.6) is 11.5 Å². The molecule has 0 radical (unpaired) electrons. The number of ether oxygens (including phenoxy) is 2. The fourth-order valence-electron chi connectivity index (χ4n) is 2.79. The van der Waals surface area contributed by atoms with Gasteiger partial charge in [-0.3, -0.25) is 4.79 Å². The number of hydrogen-bond donors (Lipinski definition) is 1. The Morgan fingerprint density at radius 3 is 2.61 bits per heavy atom. The second-order valence-electron chi connectivity index (χ2n) is 6.67. The molecule has 3 aromatic rings. The van der Waals surface area contributed by atoms with Crippen LogP contribution in [-0.2, 0) is 11.3 Å². The molecule has 1 heterocycles. The van der Waals surface area contributed by atoms with Gasteiger partial charge in [-0.2, -0.15) is 5.10 Å². The zero-order valence-electron chi connectivity index (χ0n) is 16.6. The van der Waals surface area contributed by atoms with Crippen LogP contribution in [0.3, 0.4) is 0 Å². The normalized spacial score (nSPS) is 11.7. The molecule has 1 atom stereocenters. The number of aromatic nitrogens is 2. The molecule has 1 N–H and O–H groups in total. The van der Waals surface area contributed by atoms with Crippen LogP contribution in [0, 0.1) is 13.8 Å². The maximum Gasteiger partial charge on any atom is 0.266 e. The van der Waals surface area contributed by atoms with E-state index in [9.17, 15) is 4.79 Å². The molecule has 0 bridgehead atoms. The van der Waals surface area contributed by atoms with Crippen LogP contribution < -0.4 is 14.8 Å². The number of carbonyl (C=O) groups is 1. The fourth-order valence-corrected chi connectivity index (χ4v) is 2.79. The van der Waals surface area contributed by atoms with E-state index in [4.69, 9.17) is 9.47 Å². The smallest absolute Gasteiger partial charge is 0.266 e. The van der Waals surface area contributed by atoms with Crippen molar-refractivity contribution in [3.8, 4) is 11.5 Å². The van der Waals surface area contributed by atoms with Crippen molar-refractivity contribution in [2.45, 2.75) is 33.4 Å². The molecule has 0 unspecified atom stereocenters. The van der Waals surface area contributed by atoms with Crippen LogP contribution in [0.4, 0.5) is 5.82 Å². The highest BCUT2D eigenvalue weighted by molar-refractivity contribution is 5.93. The number of amides is 1. The van der Waals surface area contributed by atoms with E-state index in [1.54, 1.807) is 31.0 Å². The average molecular weight is 379 g/mol. The molecule has 1 aromatic heterocycles. The van der Waals surface area contributed by atoms with Crippen LogP contribution in [0.2, 0.25) is 0 Å². The van der Waals surface area contributed by atoms with Crippen molar-refractivity contribution in [3.63, 3.8) is 0 Å². The molecule has 28 heavy (non-hydrogen) atoms. The van der Waals surface area contributed by atoms with E-state index in [0.717, 1.165) is 28.2 Å². The Labute approximate surface area is 165 Å². The predicted molar refractivity (Wildman–Crippen MR) is 109 cm³/mol. The summed E-state index contributed by atoms with van der Waals surface area (Å²) in [4.78, 5) is 12.6. The lowest BCUT2D eigenvalue weighted by atomic mass is 10.1. The molecule has 1 amide bonds. The summed E-state index contributed by atoms with van der Waals surface area (Å²) in [5.74, 6) is 1.92. The topological polar surface area (TPSA) is 65.4 Å². The summed E-state index contributed by atoms with van der Waals surface area (Å²) >= 11 is 0. The zero-order valence-corrected chi connectivity index (χ0v) is 16.6. The molecule has 2 aromatic carbocycles. The first-order valence-electron chi connectivity index (χ1n) is 9.16. The lowest BCUT2D eigenvalue weighted by Gasteiger charge is -2.17. The summed E-state index contributed by atoms with van der Waals surface area (Å²) in [5, 5.41) is 7.21. The fraction of sp³-hybridized carbons (Fsp3) is 0.273. The Bertz CT molecular complexity index is 948. The van der Waals surface area contributed by atoms with Gasteiger partial charge in [-0.25, -0.2) is 4.68 Å². The van der Waals surface area contributed by atoms with Gasteiger partial charge >= 0.3 is 0 Å². The van der Waals surface area contributed by atoms with Crippen LogP contribution >= 0.6 is 0 Å². The molecule has 0 fully saturated rings. The van der Waals surface area contributed by atoms with Crippen molar-refractivity contribution in [1.82, 2.24) is 9.78 Å². The van der Waals surface area contributed by atoms with E-state index < -0.39 is 6.10 Å². The van der Waals surface area contributed by atoms with Crippen molar-refractivity contribution in [2.24, 2.45) is 0 Å². The molecule has 0 spiro atoms. The molecule has 146 valence electrons. The molecular weight excluding hydrogens is 354 g/mol. The summed E-state index contributed by atoms with van der Waals surface area (Å²) in [5.41, 5.74) is 3.22. The lowest BCUT2D eigenvalue weighted by Crippen LogP contribution is -2.31. The van der Waals surface area contributed by atoms with Gasteiger partial charge in [-0.05, 0) is 55.7 Å². The largest absolute Gasteiger partial charge is 0.497 e. The molecule has 0 aliphatic rings. The second-order valence-corrected chi connectivity index (χ2v) is 6.67. The summed E-state index contributed by atoms with van der Waals surface area (Å²) in [6, 6.07) is 15.3. The van der Waals surface area contributed by atoms with Crippen molar-refractivity contribution < 1.29 is 14.3 Å². The highest BCUT2D eigenvalue weighted by Gasteiger charge is 2.18. The Hall–Kier alpha value is -3.28. The van der Waals surface area contributed by atoms with E-state index in [2.05, 4.69) is 10.4 Å². The van der Waals surface area contributed by atoms with Gasteiger partial charge in [0.15, 0.2) is 6.10 Å². The standard InChI is InChI=1S/C22H25N3O3/c1-15-6-5-7-20(16(15)2)28-17(3)22(26)24-21-12-13-23-25(21)14-18-8-10-19(27-4)11-9-18/h5-13,17H,14H2,1-4H3,(H,24,26)/t17-/m1/s1. The summed E-state index contributed by atoms with van der Waals surface area (Å²) in [7, 11) is 1.64. The number of carbonyl (C=O) groups excluding carboxylic acids is 1. The lowest BCUT2D eigenvalue weighted by molar-refractivity contribution is -0.122. The summed E-state index contributed by atoms with van der Waals surface area (Å²) < 4.78 is 12.8. The van der Waals surface area contributed by atoms with Gasteiger partial charge in [-0.1, -0.05) is 24.3 Å². The quantitative estimate of drug-likeness (QED) is 0.675. The zero-order chi connectivity index (χ0) is 20.1. The minimum absolute atomic E-state index is 0.225. The Morgan fingerprint density at radius 2 is 1.89 bits per heavy atom. The van der Waals surface area contributed by atoms with E-state index in [1.165, 1.54) is 0 Å². The van der Waals surface area contributed by atoms with E-state index >= 15 is 0 Å². The van der Waals surface area contributed by atoms with Gasteiger partial charge in [0.05, 0.1) is 19.9 Å². The molecule has 0 saturated heterocycles. The van der Waals surface area contributed by atoms with Gasteiger partial charge in [0, 0.05) is 6.07 Å². The van der Waals surface area contributed by atoms with Crippen molar-refractivity contribution in [1.29, 1.82) is 0 Å². The number of anilines is 1. The minimum atomic E-state index is -0.634. The van der Waals surface area contributed by atoms with Gasteiger partial charge in [0.2, 0.25) is 0 Å². The number of hydrogen-bond acceptors (Lipinski definition) is 4. The van der Waals surface area contributed by atoms with E-state index in [-0.39, 0.29) is 5.91 Å². The number of rotatable bonds is 7. The summed E-state index contributed by atoms with van der Waals surface area (Å²) in [6.07, 6.45) is 1.03. The molecule has 0 aliphatic carbocycles. The SMILES string of the molecule is COc1ccc(Cn2nccc2NC(=O)[C@@H](C)Oc2cccc(C)c2C)cc1. The van der Waals surface area contributed by atoms with Crippen molar-refractivity contribution in [2.75, 3.05) is 12.4 Å². The first-order chi connectivity index (χ1) is 13.5. The van der Waals surface area contributed by atoms with Gasteiger partial charge in [0.1, 0.15) is 17.3 Å². The average Bonchev–Trinajstić information content (AvgIpc) is 3.12. The van der Waals surface area contributed by atoms with Crippen LogP contribution in [0.1, 0.15) is 23.6 Å². The predicted octanol–water partition coefficient (Wildman–Crippen LogP) is 3.96. The number of methoxy groups -OCH3 is 1. The number of aryl methyl sites for hydroxylation is 1. The molecule has 6 nitrogen and oxygen atoms in total. The number of nitrogens with zero attached hydrogens (tertiary/aromatic N) is 2. The Balaban J connectivity index is 1.65. The molecule has 6 heteroatoms. The third-order valence-corrected chi connectivity index (χ3v) is 4.69. The highest BCUT2D eigenvalue weighted by Crippen LogP contribution is 2.22. The number of nitrogens with one attached hydrogen (secondary N) is 1. The molecule has 3 rings (SSSR count). The van der Waals surface area contributed by atoms with Crippen molar-refractivity contribution in [3.05, 3.63) is 71.4 Å². The van der Waals surface area contributed by atoms with Crippen LogP contribution in [-0.4, -0.2) is 28.9 Å². The maximum atomic E-state index is 12.6. The maximum absolute atomic E-state index is 12.6.